The molecule has 2 aliphatic rings. The summed E-state index contributed by atoms with van der Waals surface area (Å²) in [5.74, 6) is 1.54. The lowest BCUT2D eigenvalue weighted by Gasteiger charge is -2.35. The average molecular weight is 572 g/mol. The lowest BCUT2D eigenvalue weighted by molar-refractivity contribution is 0.0711. The van der Waals surface area contributed by atoms with Crippen LogP contribution in [0.4, 0.5) is 5.69 Å². The van der Waals surface area contributed by atoms with E-state index in [1.54, 1.807) is 25.4 Å². The molecular weight excluding hydrogens is 538 g/mol. The summed E-state index contributed by atoms with van der Waals surface area (Å²) in [5, 5.41) is 7.04. The molecule has 0 N–H and O–H groups in total. The number of methoxy groups -OCH3 is 1. The van der Waals surface area contributed by atoms with E-state index in [1.165, 1.54) is 0 Å². The third-order valence-electron chi connectivity index (χ3n) is 8.00. The number of hydrogen-bond acceptors (Lipinski definition) is 8. The number of aromatic nitrogens is 2. The Morgan fingerprint density at radius 3 is 2.27 bits per heavy atom. The summed E-state index contributed by atoms with van der Waals surface area (Å²) in [6.07, 6.45) is 1.61. The molecule has 0 bridgehead atoms. The van der Waals surface area contributed by atoms with Crippen LogP contribution >= 0.6 is 11.3 Å². The Hall–Kier alpha value is -4.18. The molecule has 212 valence electrons. The van der Waals surface area contributed by atoms with Crippen LogP contribution in [-0.2, 0) is 0 Å². The molecule has 4 aromatic rings. The van der Waals surface area contributed by atoms with Crippen LogP contribution in [-0.4, -0.2) is 78.1 Å². The van der Waals surface area contributed by atoms with Crippen molar-refractivity contribution in [3.05, 3.63) is 82.0 Å². The Labute approximate surface area is 243 Å². The largest absolute Gasteiger partial charge is 0.497 e. The fourth-order valence-corrected chi connectivity index (χ4v) is 6.57. The first-order chi connectivity index (χ1) is 20.0. The molecule has 2 amide bonds. The summed E-state index contributed by atoms with van der Waals surface area (Å²) in [5.41, 5.74) is 3.64. The van der Waals surface area contributed by atoms with E-state index < -0.39 is 0 Å². The molecule has 0 unspecified atom stereocenters. The standard InChI is InChI=1S/C31H33N5O4S/c1-21-27(28(33-40-21)22-6-4-3-5-7-22)31(38)35-14-12-23(13-15-35)29-32-26(20-41-29)30(37)36-18-16-34(17-19-36)24-8-10-25(39-2)11-9-24/h3-11,20,23H,12-19H2,1-2H3. The maximum atomic E-state index is 13.5. The summed E-state index contributed by atoms with van der Waals surface area (Å²) < 4.78 is 10.7. The van der Waals surface area contributed by atoms with E-state index in [1.807, 2.05) is 57.6 Å². The minimum Gasteiger partial charge on any atom is -0.497 e. The van der Waals surface area contributed by atoms with Crippen molar-refractivity contribution in [1.82, 2.24) is 19.9 Å². The number of rotatable bonds is 6. The highest BCUT2D eigenvalue weighted by molar-refractivity contribution is 7.09. The number of ether oxygens (including phenoxy) is 1. The highest BCUT2D eigenvalue weighted by atomic mass is 32.1. The SMILES string of the molecule is COc1ccc(N2CCN(C(=O)c3csc(C4CCN(C(=O)c5c(-c6ccccc6)noc5C)CC4)n3)CC2)cc1. The predicted octanol–water partition coefficient (Wildman–Crippen LogP) is 5.10. The van der Waals surface area contributed by atoms with E-state index in [-0.39, 0.29) is 17.7 Å². The smallest absolute Gasteiger partial charge is 0.273 e. The van der Waals surface area contributed by atoms with Gasteiger partial charge in [-0.15, -0.1) is 11.3 Å². The molecular formula is C31H33N5O4S. The van der Waals surface area contributed by atoms with E-state index in [9.17, 15) is 9.59 Å². The maximum absolute atomic E-state index is 13.5. The number of benzene rings is 2. The normalized spacial score (nSPS) is 16.2. The van der Waals surface area contributed by atoms with Gasteiger partial charge < -0.3 is 24.0 Å². The minimum absolute atomic E-state index is 0.00845. The fourth-order valence-electron chi connectivity index (χ4n) is 5.60. The fraction of sp³-hybridized carbons (Fsp3) is 0.355. The number of likely N-dealkylation sites (tertiary alicyclic amines) is 1. The van der Waals surface area contributed by atoms with E-state index in [4.69, 9.17) is 14.2 Å². The Kier molecular flexibility index (Phi) is 7.74. The third kappa shape index (κ3) is 5.56. The molecule has 41 heavy (non-hydrogen) atoms. The first kappa shape index (κ1) is 27.0. The van der Waals surface area contributed by atoms with Crippen molar-refractivity contribution in [2.75, 3.05) is 51.3 Å². The quantitative estimate of drug-likeness (QED) is 0.318. The van der Waals surface area contributed by atoms with Crippen molar-refractivity contribution in [3.63, 3.8) is 0 Å². The molecule has 2 fully saturated rings. The summed E-state index contributed by atoms with van der Waals surface area (Å²) in [6, 6.07) is 17.7. The summed E-state index contributed by atoms with van der Waals surface area (Å²) in [7, 11) is 1.66. The second kappa shape index (κ2) is 11.7. The van der Waals surface area contributed by atoms with Crippen molar-refractivity contribution < 1.29 is 18.8 Å². The minimum atomic E-state index is -0.0511. The zero-order valence-corrected chi connectivity index (χ0v) is 24.1. The molecule has 10 heteroatoms. The molecule has 2 aromatic carbocycles. The zero-order chi connectivity index (χ0) is 28.3. The van der Waals surface area contributed by atoms with Crippen LogP contribution < -0.4 is 9.64 Å². The molecule has 9 nitrogen and oxygen atoms in total. The number of piperazine rings is 1. The molecule has 0 spiro atoms. The van der Waals surface area contributed by atoms with E-state index in [0.717, 1.165) is 47.9 Å². The molecule has 2 saturated heterocycles. The second-order valence-corrected chi connectivity index (χ2v) is 11.3. The van der Waals surface area contributed by atoms with Gasteiger partial charge in [-0.3, -0.25) is 9.59 Å². The monoisotopic (exact) mass is 571 g/mol. The average Bonchev–Trinajstić information content (AvgIpc) is 3.68. The topological polar surface area (TPSA) is 92.0 Å². The zero-order valence-electron chi connectivity index (χ0n) is 23.3. The Balaban J connectivity index is 1.04. The van der Waals surface area contributed by atoms with Crippen LogP contribution in [0.15, 0.2) is 64.5 Å². The van der Waals surface area contributed by atoms with Crippen LogP contribution in [0, 0.1) is 6.92 Å². The molecule has 2 aliphatic heterocycles. The van der Waals surface area contributed by atoms with Crippen molar-refractivity contribution in [2.24, 2.45) is 0 Å². The summed E-state index contributed by atoms with van der Waals surface area (Å²) >= 11 is 1.55. The van der Waals surface area contributed by atoms with E-state index in [2.05, 4.69) is 22.2 Å². The van der Waals surface area contributed by atoms with Gasteiger partial charge in [-0.05, 0) is 44.0 Å². The molecule has 2 aromatic heterocycles. The van der Waals surface area contributed by atoms with Crippen LogP contribution in [0.1, 0.15) is 50.4 Å². The predicted molar refractivity (Wildman–Crippen MR) is 158 cm³/mol. The lowest BCUT2D eigenvalue weighted by Crippen LogP contribution is -2.48. The molecule has 0 radical (unpaired) electrons. The number of thiazole rings is 1. The van der Waals surface area contributed by atoms with Crippen LogP contribution in [0.2, 0.25) is 0 Å². The van der Waals surface area contributed by atoms with Gasteiger partial charge in [0.2, 0.25) is 0 Å². The summed E-state index contributed by atoms with van der Waals surface area (Å²) in [6.45, 7) is 5.90. The van der Waals surface area contributed by atoms with Gasteiger partial charge in [0.15, 0.2) is 0 Å². The van der Waals surface area contributed by atoms with Crippen molar-refractivity contribution in [3.8, 4) is 17.0 Å². The maximum Gasteiger partial charge on any atom is 0.273 e. The Morgan fingerprint density at radius 1 is 0.902 bits per heavy atom. The molecule has 4 heterocycles. The first-order valence-electron chi connectivity index (χ1n) is 14.0. The molecule has 6 rings (SSSR count). The number of aryl methyl sites for hydroxylation is 1. The van der Waals surface area contributed by atoms with Gasteiger partial charge in [0.1, 0.15) is 28.5 Å². The van der Waals surface area contributed by atoms with Crippen molar-refractivity contribution in [1.29, 1.82) is 0 Å². The Bertz CT molecular complexity index is 1500. The van der Waals surface area contributed by atoms with Gasteiger partial charge >= 0.3 is 0 Å². The summed E-state index contributed by atoms with van der Waals surface area (Å²) in [4.78, 5) is 37.6. The number of hydrogen-bond donors (Lipinski definition) is 0. The number of piperidine rings is 1. The van der Waals surface area contributed by atoms with Crippen LogP contribution in [0.25, 0.3) is 11.3 Å². The second-order valence-electron chi connectivity index (χ2n) is 10.4. The van der Waals surface area contributed by atoms with Gasteiger partial charge in [-0.2, -0.15) is 0 Å². The van der Waals surface area contributed by atoms with Crippen LogP contribution in [0.3, 0.4) is 0 Å². The van der Waals surface area contributed by atoms with Crippen molar-refractivity contribution >= 4 is 28.8 Å². The third-order valence-corrected chi connectivity index (χ3v) is 9.01. The van der Waals surface area contributed by atoms with Gasteiger partial charge in [0, 0.05) is 61.8 Å². The number of anilines is 1. The van der Waals surface area contributed by atoms with Gasteiger partial charge in [0.25, 0.3) is 11.8 Å². The number of amides is 2. The molecule has 0 saturated carbocycles. The lowest BCUT2D eigenvalue weighted by atomic mass is 9.96. The number of carbonyl (C=O) groups excluding carboxylic acids is 2. The first-order valence-corrected chi connectivity index (χ1v) is 14.8. The van der Waals surface area contributed by atoms with Gasteiger partial charge in [-0.25, -0.2) is 4.98 Å². The molecule has 0 atom stereocenters. The molecule has 0 aliphatic carbocycles. The Morgan fingerprint density at radius 2 is 1.59 bits per heavy atom. The number of nitrogens with zero attached hydrogens (tertiary/aromatic N) is 5. The van der Waals surface area contributed by atoms with Gasteiger partial charge in [0.05, 0.1) is 12.1 Å². The van der Waals surface area contributed by atoms with Crippen LogP contribution in [0.5, 0.6) is 5.75 Å². The highest BCUT2D eigenvalue weighted by Gasteiger charge is 2.31. The number of carbonyl (C=O) groups is 2. The van der Waals surface area contributed by atoms with E-state index >= 15 is 0 Å². The van der Waals surface area contributed by atoms with Gasteiger partial charge in [-0.1, -0.05) is 35.5 Å². The van der Waals surface area contributed by atoms with Crippen molar-refractivity contribution in [2.45, 2.75) is 25.7 Å². The highest BCUT2D eigenvalue weighted by Crippen LogP contribution is 2.33. The van der Waals surface area contributed by atoms with E-state index in [0.29, 0.717) is 48.9 Å².